The van der Waals surface area contributed by atoms with Gasteiger partial charge in [-0.2, -0.15) is 0 Å². The molecule has 25 heavy (non-hydrogen) atoms. The first kappa shape index (κ1) is 19.7. The zero-order valence-corrected chi connectivity index (χ0v) is 16.1. The smallest absolute Gasteiger partial charge is 0.258 e. The van der Waals surface area contributed by atoms with Crippen molar-refractivity contribution in [2.45, 2.75) is 46.1 Å². The van der Waals surface area contributed by atoms with E-state index in [0.29, 0.717) is 38.1 Å². The van der Waals surface area contributed by atoms with Crippen LogP contribution in [0.2, 0.25) is 0 Å². The molecule has 7 heteroatoms. The zero-order valence-electron chi connectivity index (χ0n) is 15.2. The van der Waals surface area contributed by atoms with Gasteiger partial charge in [0, 0.05) is 19.1 Å². The van der Waals surface area contributed by atoms with Gasteiger partial charge in [0.15, 0.2) is 6.61 Å². The summed E-state index contributed by atoms with van der Waals surface area (Å²) in [7, 11) is -3.14. The second-order valence-electron chi connectivity index (χ2n) is 6.59. The van der Waals surface area contributed by atoms with E-state index in [9.17, 15) is 13.2 Å². The van der Waals surface area contributed by atoms with Crippen LogP contribution in [0.4, 0.5) is 0 Å². The quantitative estimate of drug-likeness (QED) is 0.799. The number of nitrogens with one attached hydrogen (secondary N) is 1. The van der Waals surface area contributed by atoms with Crippen LogP contribution in [0.5, 0.6) is 5.75 Å². The minimum Gasteiger partial charge on any atom is -0.484 e. The Kier molecular flexibility index (Phi) is 6.84. The molecule has 1 saturated heterocycles. The molecule has 0 radical (unpaired) electrons. The lowest BCUT2D eigenvalue weighted by atomic mass is 10.1. The molecule has 140 valence electrons. The molecule has 1 aromatic carbocycles. The van der Waals surface area contributed by atoms with E-state index in [4.69, 9.17) is 4.74 Å². The summed E-state index contributed by atoms with van der Waals surface area (Å²) in [5, 5.41) is 2.93. The summed E-state index contributed by atoms with van der Waals surface area (Å²) >= 11 is 0. The van der Waals surface area contributed by atoms with Crippen molar-refractivity contribution in [3.63, 3.8) is 0 Å². The number of carbonyl (C=O) groups is 1. The van der Waals surface area contributed by atoms with E-state index in [1.165, 1.54) is 9.87 Å². The highest BCUT2D eigenvalue weighted by atomic mass is 32.2. The Balaban J connectivity index is 1.76. The molecule has 1 N–H and O–H groups in total. The third-order valence-electron chi connectivity index (χ3n) is 4.52. The standard InChI is InChI=1S/C18H28N2O4S/c1-4-11-25(22,23)20-9-7-16(8-10-20)19-18(21)13-24-17-6-5-14(2)15(3)12-17/h5-6,12,16H,4,7-11,13H2,1-3H3,(H,19,21). The Morgan fingerprint density at radius 2 is 1.92 bits per heavy atom. The van der Waals surface area contributed by atoms with E-state index in [1.807, 2.05) is 39.0 Å². The SMILES string of the molecule is CCCS(=O)(=O)N1CCC(NC(=O)COc2ccc(C)c(C)c2)CC1. The number of sulfonamides is 1. The average molecular weight is 368 g/mol. The van der Waals surface area contributed by atoms with E-state index in [0.717, 1.165) is 5.56 Å². The van der Waals surface area contributed by atoms with Crippen molar-refractivity contribution in [3.05, 3.63) is 29.3 Å². The van der Waals surface area contributed by atoms with Crippen LogP contribution in [0.15, 0.2) is 18.2 Å². The highest BCUT2D eigenvalue weighted by Gasteiger charge is 2.27. The molecule has 6 nitrogen and oxygen atoms in total. The monoisotopic (exact) mass is 368 g/mol. The van der Waals surface area contributed by atoms with E-state index < -0.39 is 10.0 Å². The Bertz CT molecular complexity index is 695. The Labute approximate surface area is 150 Å². The second kappa shape index (κ2) is 8.67. The number of nitrogens with zero attached hydrogens (tertiary/aromatic N) is 1. The van der Waals surface area contributed by atoms with Crippen molar-refractivity contribution in [2.24, 2.45) is 0 Å². The van der Waals surface area contributed by atoms with Gasteiger partial charge in [-0.05, 0) is 56.4 Å². The van der Waals surface area contributed by atoms with Gasteiger partial charge < -0.3 is 10.1 Å². The van der Waals surface area contributed by atoms with Crippen LogP contribution in [0.3, 0.4) is 0 Å². The molecule has 2 rings (SSSR count). The lowest BCUT2D eigenvalue weighted by Crippen LogP contribution is -2.47. The van der Waals surface area contributed by atoms with Gasteiger partial charge in [-0.25, -0.2) is 12.7 Å². The second-order valence-corrected chi connectivity index (χ2v) is 8.68. The fourth-order valence-electron chi connectivity index (χ4n) is 2.89. The van der Waals surface area contributed by atoms with Crippen LogP contribution in [0, 0.1) is 13.8 Å². The van der Waals surface area contributed by atoms with Crippen molar-refractivity contribution in [1.82, 2.24) is 9.62 Å². The molecule has 0 unspecified atom stereocenters. The predicted octanol–water partition coefficient (Wildman–Crippen LogP) is 2.00. The summed E-state index contributed by atoms with van der Waals surface area (Å²) in [6.45, 7) is 6.79. The minimum atomic E-state index is -3.14. The molecule has 0 aliphatic carbocycles. The fourth-order valence-corrected chi connectivity index (χ4v) is 4.43. The van der Waals surface area contributed by atoms with Crippen LogP contribution in [0.1, 0.15) is 37.3 Å². The van der Waals surface area contributed by atoms with Gasteiger partial charge in [-0.3, -0.25) is 4.79 Å². The number of benzene rings is 1. The molecule has 1 heterocycles. The molecule has 0 atom stereocenters. The van der Waals surface area contributed by atoms with Gasteiger partial charge in [0.05, 0.1) is 5.75 Å². The number of hydrogen-bond donors (Lipinski definition) is 1. The lowest BCUT2D eigenvalue weighted by Gasteiger charge is -2.31. The van der Waals surface area contributed by atoms with Crippen LogP contribution in [-0.4, -0.2) is 50.1 Å². The first-order valence-electron chi connectivity index (χ1n) is 8.79. The molecule has 1 aromatic rings. The van der Waals surface area contributed by atoms with E-state index in [1.54, 1.807) is 0 Å². The van der Waals surface area contributed by atoms with Crippen molar-refractivity contribution in [3.8, 4) is 5.75 Å². The number of rotatable bonds is 7. The number of carbonyl (C=O) groups excluding carboxylic acids is 1. The molecular weight excluding hydrogens is 340 g/mol. The largest absolute Gasteiger partial charge is 0.484 e. The number of hydrogen-bond acceptors (Lipinski definition) is 4. The Morgan fingerprint density at radius 1 is 1.24 bits per heavy atom. The molecule has 1 aliphatic rings. The molecule has 0 aromatic heterocycles. The third kappa shape index (κ3) is 5.71. The fraction of sp³-hybridized carbons (Fsp3) is 0.611. The molecule has 1 fully saturated rings. The summed E-state index contributed by atoms with van der Waals surface area (Å²) < 4.78 is 31.2. The van der Waals surface area contributed by atoms with Gasteiger partial charge >= 0.3 is 0 Å². The highest BCUT2D eigenvalue weighted by Crippen LogP contribution is 2.17. The Morgan fingerprint density at radius 3 is 2.52 bits per heavy atom. The van der Waals surface area contributed by atoms with Crippen LogP contribution in [0.25, 0.3) is 0 Å². The summed E-state index contributed by atoms with van der Waals surface area (Å²) in [6, 6.07) is 5.74. The van der Waals surface area contributed by atoms with Gasteiger partial charge in [0.25, 0.3) is 5.91 Å². The summed E-state index contributed by atoms with van der Waals surface area (Å²) in [5.74, 6) is 0.695. The van der Waals surface area contributed by atoms with Gasteiger partial charge in [0.1, 0.15) is 5.75 Å². The minimum absolute atomic E-state index is 0.00364. The number of amides is 1. The summed E-state index contributed by atoms with van der Waals surface area (Å²) in [6.07, 6.45) is 1.89. The predicted molar refractivity (Wildman–Crippen MR) is 98.2 cm³/mol. The van der Waals surface area contributed by atoms with Gasteiger partial charge in [0.2, 0.25) is 10.0 Å². The third-order valence-corrected chi connectivity index (χ3v) is 6.60. The number of ether oxygens (including phenoxy) is 1. The number of aryl methyl sites for hydroxylation is 2. The van der Waals surface area contributed by atoms with E-state index >= 15 is 0 Å². The van der Waals surface area contributed by atoms with Gasteiger partial charge in [-0.15, -0.1) is 0 Å². The summed E-state index contributed by atoms with van der Waals surface area (Å²) in [5.41, 5.74) is 2.31. The molecular formula is C18H28N2O4S. The normalized spacial score (nSPS) is 16.6. The molecule has 0 spiro atoms. The van der Waals surface area contributed by atoms with Crippen LogP contribution >= 0.6 is 0 Å². The number of piperidine rings is 1. The molecule has 0 bridgehead atoms. The zero-order chi connectivity index (χ0) is 18.4. The topological polar surface area (TPSA) is 75.7 Å². The summed E-state index contributed by atoms with van der Waals surface area (Å²) in [4.78, 5) is 12.0. The van der Waals surface area contributed by atoms with Crippen LogP contribution < -0.4 is 10.1 Å². The molecule has 1 amide bonds. The van der Waals surface area contributed by atoms with Crippen LogP contribution in [-0.2, 0) is 14.8 Å². The van der Waals surface area contributed by atoms with Crippen molar-refractivity contribution >= 4 is 15.9 Å². The van der Waals surface area contributed by atoms with Crippen molar-refractivity contribution < 1.29 is 17.9 Å². The highest BCUT2D eigenvalue weighted by molar-refractivity contribution is 7.89. The first-order valence-corrected chi connectivity index (χ1v) is 10.4. The Hall–Kier alpha value is -1.60. The van der Waals surface area contributed by atoms with Crippen molar-refractivity contribution in [2.75, 3.05) is 25.4 Å². The lowest BCUT2D eigenvalue weighted by molar-refractivity contribution is -0.124. The average Bonchev–Trinajstić information content (AvgIpc) is 2.56. The maximum Gasteiger partial charge on any atom is 0.258 e. The first-order chi connectivity index (χ1) is 11.8. The molecule has 0 saturated carbocycles. The maximum absolute atomic E-state index is 12.0. The maximum atomic E-state index is 12.0. The molecule has 1 aliphatic heterocycles. The van der Waals surface area contributed by atoms with E-state index in [-0.39, 0.29) is 24.3 Å². The van der Waals surface area contributed by atoms with Crippen molar-refractivity contribution in [1.29, 1.82) is 0 Å². The van der Waals surface area contributed by atoms with Gasteiger partial charge in [-0.1, -0.05) is 13.0 Å². The van der Waals surface area contributed by atoms with E-state index in [2.05, 4.69) is 5.32 Å².